The van der Waals surface area contributed by atoms with Crippen LogP contribution >= 0.6 is 15.9 Å². The van der Waals surface area contributed by atoms with Crippen molar-refractivity contribution >= 4 is 32.3 Å². The lowest BCUT2D eigenvalue weighted by Crippen LogP contribution is -2.02. The quantitative estimate of drug-likeness (QED) is 0.298. The van der Waals surface area contributed by atoms with E-state index in [2.05, 4.69) is 40.7 Å². The first kappa shape index (κ1) is 19.9. The van der Waals surface area contributed by atoms with Gasteiger partial charge in [0.1, 0.15) is 0 Å². The first-order chi connectivity index (χ1) is 14.7. The molecule has 0 radical (unpaired) electrons. The van der Waals surface area contributed by atoms with Crippen molar-refractivity contribution in [2.75, 3.05) is 0 Å². The highest BCUT2D eigenvalue weighted by molar-refractivity contribution is 9.10. The van der Waals surface area contributed by atoms with Gasteiger partial charge in [0.15, 0.2) is 17.5 Å². The van der Waals surface area contributed by atoms with E-state index in [9.17, 15) is 0 Å². The second-order valence-corrected chi connectivity index (χ2v) is 7.51. The first-order valence-electron chi connectivity index (χ1n) is 9.66. The van der Waals surface area contributed by atoms with E-state index in [1.807, 2.05) is 73.7 Å². The Morgan fingerprint density at radius 3 is 2.27 bits per heavy atom. The third kappa shape index (κ3) is 4.00. The molecule has 146 valence electrons. The number of rotatable bonds is 5. The Hall–Kier alpha value is -3.37. The fourth-order valence-electron chi connectivity index (χ4n) is 3.27. The molecular weight excluding hydrogens is 434 g/mol. The van der Waals surface area contributed by atoms with E-state index in [4.69, 9.17) is 15.0 Å². The molecule has 30 heavy (non-hydrogen) atoms. The molecule has 1 aromatic heterocycles. The van der Waals surface area contributed by atoms with E-state index in [1.165, 1.54) is 0 Å². The lowest BCUT2D eigenvalue weighted by Gasteiger charge is -2.11. The van der Waals surface area contributed by atoms with E-state index in [0.717, 1.165) is 31.9 Å². The fraction of sp³-hybridized carbons (Fsp3) is 0.0385. The number of fused-ring (bicyclic) bond motifs is 1. The molecule has 4 rings (SSSR count). The Morgan fingerprint density at radius 1 is 0.833 bits per heavy atom. The number of allylic oxidation sites excluding steroid dienone is 5. The van der Waals surface area contributed by atoms with Gasteiger partial charge in [0.25, 0.3) is 0 Å². The minimum atomic E-state index is 0.631. The van der Waals surface area contributed by atoms with Crippen LogP contribution in [0.1, 0.15) is 12.7 Å². The summed E-state index contributed by atoms with van der Waals surface area (Å²) in [5, 5.41) is 2.21. The molecule has 3 aromatic carbocycles. The summed E-state index contributed by atoms with van der Waals surface area (Å²) in [5.41, 5.74) is 2.84. The van der Waals surface area contributed by atoms with Crippen molar-refractivity contribution in [3.63, 3.8) is 0 Å². The number of aromatic nitrogens is 3. The molecule has 0 N–H and O–H groups in total. The average Bonchev–Trinajstić information content (AvgIpc) is 2.80. The summed E-state index contributed by atoms with van der Waals surface area (Å²) in [5.74, 6) is 1.93. The van der Waals surface area contributed by atoms with Gasteiger partial charge in [0.2, 0.25) is 0 Å². The van der Waals surface area contributed by atoms with Crippen LogP contribution in [0.2, 0.25) is 0 Å². The standard InChI is InChI=1S/C26H20BrN3/c1-3-5-11-18(4-2)24-28-25(19-12-7-6-8-13-19)30-26(29-24)22-16-17-23(27)21-15-10-9-14-20(21)22/h3-17H,1H2,2H3/b11-5-,18-4+. The van der Waals surface area contributed by atoms with E-state index in [0.29, 0.717) is 17.5 Å². The van der Waals surface area contributed by atoms with Gasteiger partial charge < -0.3 is 0 Å². The molecule has 0 saturated heterocycles. The van der Waals surface area contributed by atoms with Crippen molar-refractivity contribution in [1.29, 1.82) is 0 Å². The Balaban J connectivity index is 1.99. The number of hydrogen-bond donors (Lipinski definition) is 0. The molecule has 0 saturated carbocycles. The highest BCUT2D eigenvalue weighted by Gasteiger charge is 2.14. The van der Waals surface area contributed by atoms with Gasteiger partial charge in [-0.1, -0.05) is 101 Å². The third-order valence-corrected chi connectivity index (χ3v) is 5.45. The van der Waals surface area contributed by atoms with Crippen molar-refractivity contribution in [2.24, 2.45) is 0 Å². The van der Waals surface area contributed by atoms with Crippen LogP contribution in [0.25, 0.3) is 39.1 Å². The third-order valence-electron chi connectivity index (χ3n) is 4.76. The van der Waals surface area contributed by atoms with Crippen LogP contribution in [-0.2, 0) is 0 Å². The Bertz CT molecular complexity index is 1270. The van der Waals surface area contributed by atoms with Crippen molar-refractivity contribution < 1.29 is 0 Å². The molecular formula is C26H20BrN3. The predicted octanol–water partition coefficient (Wildman–Crippen LogP) is 7.27. The normalized spacial score (nSPS) is 11.9. The monoisotopic (exact) mass is 453 g/mol. The molecule has 0 bridgehead atoms. The van der Waals surface area contributed by atoms with Crippen LogP contribution in [-0.4, -0.2) is 15.0 Å². The summed E-state index contributed by atoms with van der Waals surface area (Å²) in [6.45, 7) is 5.74. The average molecular weight is 454 g/mol. The van der Waals surface area contributed by atoms with E-state index >= 15 is 0 Å². The molecule has 0 amide bonds. The maximum atomic E-state index is 4.84. The first-order valence-corrected chi connectivity index (χ1v) is 10.5. The topological polar surface area (TPSA) is 38.7 Å². The Morgan fingerprint density at radius 2 is 1.53 bits per heavy atom. The van der Waals surface area contributed by atoms with Gasteiger partial charge >= 0.3 is 0 Å². The zero-order valence-corrected chi connectivity index (χ0v) is 18.2. The van der Waals surface area contributed by atoms with Crippen LogP contribution in [0.15, 0.2) is 102 Å². The SMILES string of the molecule is C=C/C=C\C(=C/C)c1nc(-c2ccccc2)nc(-c2ccc(Br)c3ccccc23)n1. The van der Waals surface area contributed by atoms with Crippen LogP contribution in [0, 0.1) is 0 Å². The molecule has 0 aliphatic carbocycles. The second kappa shape index (κ2) is 8.97. The summed E-state index contributed by atoms with van der Waals surface area (Å²) in [6.07, 6.45) is 7.58. The molecule has 0 fully saturated rings. The molecule has 0 unspecified atom stereocenters. The summed E-state index contributed by atoms with van der Waals surface area (Å²) in [6, 6.07) is 22.3. The second-order valence-electron chi connectivity index (χ2n) is 6.65. The summed E-state index contributed by atoms with van der Waals surface area (Å²) in [7, 11) is 0. The minimum absolute atomic E-state index is 0.631. The maximum absolute atomic E-state index is 4.84. The van der Waals surface area contributed by atoms with Gasteiger partial charge in [0, 0.05) is 21.2 Å². The number of nitrogens with zero attached hydrogens (tertiary/aromatic N) is 3. The van der Waals surface area contributed by atoms with Crippen LogP contribution < -0.4 is 0 Å². The Kier molecular flexibility index (Phi) is 5.96. The van der Waals surface area contributed by atoms with Gasteiger partial charge in [-0.25, -0.2) is 15.0 Å². The van der Waals surface area contributed by atoms with Crippen molar-refractivity contribution in [3.05, 3.63) is 108 Å². The van der Waals surface area contributed by atoms with Gasteiger partial charge in [-0.3, -0.25) is 0 Å². The number of halogens is 1. The van der Waals surface area contributed by atoms with Crippen LogP contribution in [0.4, 0.5) is 0 Å². The minimum Gasteiger partial charge on any atom is -0.208 e. The van der Waals surface area contributed by atoms with Gasteiger partial charge in [0.05, 0.1) is 0 Å². The lowest BCUT2D eigenvalue weighted by molar-refractivity contribution is 1.04. The van der Waals surface area contributed by atoms with E-state index in [-0.39, 0.29) is 0 Å². The largest absolute Gasteiger partial charge is 0.208 e. The van der Waals surface area contributed by atoms with Gasteiger partial charge in [-0.2, -0.15) is 0 Å². The van der Waals surface area contributed by atoms with Crippen LogP contribution in [0.3, 0.4) is 0 Å². The lowest BCUT2D eigenvalue weighted by atomic mass is 10.0. The zero-order valence-electron chi connectivity index (χ0n) is 16.6. The molecule has 0 aliphatic heterocycles. The van der Waals surface area contributed by atoms with E-state index in [1.54, 1.807) is 6.08 Å². The Labute approximate surface area is 184 Å². The maximum Gasteiger partial charge on any atom is 0.164 e. The highest BCUT2D eigenvalue weighted by Crippen LogP contribution is 2.33. The summed E-state index contributed by atoms with van der Waals surface area (Å²) >= 11 is 3.65. The molecule has 3 nitrogen and oxygen atoms in total. The molecule has 4 heteroatoms. The van der Waals surface area contributed by atoms with Gasteiger partial charge in [-0.15, -0.1) is 0 Å². The van der Waals surface area contributed by atoms with Crippen molar-refractivity contribution in [3.8, 4) is 22.8 Å². The smallest absolute Gasteiger partial charge is 0.164 e. The molecule has 0 atom stereocenters. The van der Waals surface area contributed by atoms with Crippen molar-refractivity contribution in [1.82, 2.24) is 15.0 Å². The summed E-state index contributed by atoms with van der Waals surface area (Å²) < 4.78 is 1.04. The van der Waals surface area contributed by atoms with E-state index < -0.39 is 0 Å². The zero-order chi connectivity index (χ0) is 20.9. The molecule has 4 aromatic rings. The van der Waals surface area contributed by atoms with Crippen molar-refractivity contribution in [2.45, 2.75) is 6.92 Å². The molecule has 1 heterocycles. The highest BCUT2D eigenvalue weighted by atomic mass is 79.9. The summed E-state index contributed by atoms with van der Waals surface area (Å²) in [4.78, 5) is 14.4. The van der Waals surface area contributed by atoms with Gasteiger partial charge in [-0.05, 0) is 29.8 Å². The molecule has 0 spiro atoms. The predicted molar refractivity (Wildman–Crippen MR) is 129 cm³/mol. The molecule has 0 aliphatic rings. The number of benzene rings is 3. The van der Waals surface area contributed by atoms with Crippen LogP contribution in [0.5, 0.6) is 0 Å². The number of hydrogen-bond acceptors (Lipinski definition) is 3. The fourth-order valence-corrected chi connectivity index (χ4v) is 3.75.